The van der Waals surface area contributed by atoms with Gasteiger partial charge in [-0.25, -0.2) is 0 Å². The Balaban J connectivity index is 3.18. The van der Waals surface area contributed by atoms with Crippen LogP contribution in [0.15, 0.2) is 5.11 Å². The van der Waals surface area contributed by atoms with E-state index in [-0.39, 0.29) is 0 Å². The van der Waals surface area contributed by atoms with Crippen LogP contribution >= 0.6 is 0 Å². The molecule has 5 unspecified atom stereocenters. The Morgan fingerprint density at radius 3 is 1.86 bits per heavy atom. The normalized spacial score (nSPS) is 30.6. The van der Waals surface area contributed by atoms with Gasteiger partial charge in [0.25, 0.3) is 0 Å². The Kier molecular flexibility index (Phi) is 6.14. The maximum Gasteiger partial charge on any atom is 0.303 e. The Labute approximate surface area is 126 Å². The van der Waals surface area contributed by atoms with Crippen LogP contribution in [0.4, 0.5) is 0 Å². The molecule has 0 aromatic carbocycles. The van der Waals surface area contributed by atoms with E-state index in [1.54, 1.807) is 6.92 Å². The van der Waals surface area contributed by atoms with Gasteiger partial charge in [-0.1, -0.05) is 5.11 Å². The molecule has 10 heteroatoms. The Bertz CT molecular complexity index is 503. The standard InChI is InChI=1S/C12H17N3O7/c1-5-9(20-6(2)16)10(21-7(3)17)11(22-8(4)18)12(19-5)14-15-13/h5,9-12H,1-4H3. The highest BCUT2D eigenvalue weighted by atomic mass is 16.6. The van der Waals surface area contributed by atoms with Gasteiger partial charge in [0.2, 0.25) is 0 Å². The van der Waals surface area contributed by atoms with Gasteiger partial charge < -0.3 is 18.9 Å². The summed E-state index contributed by atoms with van der Waals surface area (Å²) in [4.78, 5) is 36.4. The Morgan fingerprint density at radius 2 is 1.41 bits per heavy atom. The van der Waals surface area contributed by atoms with Crippen molar-refractivity contribution in [1.82, 2.24) is 0 Å². The number of azide groups is 1. The number of carbonyl (C=O) groups excluding carboxylic acids is 3. The van der Waals surface area contributed by atoms with E-state index in [1.807, 2.05) is 0 Å². The van der Waals surface area contributed by atoms with Gasteiger partial charge in [0, 0.05) is 25.7 Å². The number of hydrogen-bond donors (Lipinski definition) is 0. The monoisotopic (exact) mass is 315 g/mol. The van der Waals surface area contributed by atoms with Crippen LogP contribution in [0.25, 0.3) is 10.4 Å². The van der Waals surface area contributed by atoms with Crippen molar-refractivity contribution in [2.24, 2.45) is 5.11 Å². The number of esters is 3. The molecule has 1 saturated heterocycles. The first-order chi connectivity index (χ1) is 10.3. The number of carbonyl (C=O) groups is 3. The molecule has 0 aromatic rings. The topological polar surface area (TPSA) is 137 Å². The molecule has 5 atom stereocenters. The summed E-state index contributed by atoms with van der Waals surface area (Å²) >= 11 is 0. The molecule has 0 bridgehead atoms. The fourth-order valence-corrected chi connectivity index (χ4v) is 2.13. The van der Waals surface area contributed by atoms with Gasteiger partial charge in [0.1, 0.15) is 0 Å². The predicted molar refractivity (Wildman–Crippen MR) is 70.1 cm³/mol. The van der Waals surface area contributed by atoms with Gasteiger partial charge in [-0.3, -0.25) is 14.4 Å². The van der Waals surface area contributed by atoms with E-state index in [1.165, 1.54) is 6.92 Å². The van der Waals surface area contributed by atoms with Crippen molar-refractivity contribution >= 4 is 17.9 Å². The highest BCUT2D eigenvalue weighted by Gasteiger charge is 2.49. The van der Waals surface area contributed by atoms with Crippen LogP contribution in [-0.4, -0.2) is 48.6 Å². The van der Waals surface area contributed by atoms with E-state index >= 15 is 0 Å². The van der Waals surface area contributed by atoms with Crippen molar-refractivity contribution < 1.29 is 33.3 Å². The molecule has 122 valence electrons. The molecular formula is C12H17N3O7. The molecule has 0 amide bonds. The van der Waals surface area contributed by atoms with Crippen molar-refractivity contribution in [2.75, 3.05) is 0 Å². The van der Waals surface area contributed by atoms with Crippen LogP contribution in [0.5, 0.6) is 0 Å². The molecule has 1 aliphatic rings. The summed E-state index contributed by atoms with van der Waals surface area (Å²) in [6.07, 6.45) is -5.33. The van der Waals surface area contributed by atoms with Crippen molar-refractivity contribution in [3.63, 3.8) is 0 Å². The van der Waals surface area contributed by atoms with Crippen LogP contribution in [-0.2, 0) is 33.3 Å². The second-order valence-electron chi connectivity index (χ2n) is 4.66. The SMILES string of the molecule is CC(=O)OC1C(C)OC(N=[N+]=[N-])C(OC(C)=O)C1OC(C)=O. The first-order valence-electron chi connectivity index (χ1n) is 6.47. The van der Waals surface area contributed by atoms with Crippen molar-refractivity contribution in [1.29, 1.82) is 0 Å². The third-order valence-corrected chi connectivity index (χ3v) is 2.82. The zero-order chi connectivity index (χ0) is 16.9. The van der Waals surface area contributed by atoms with Crippen LogP contribution in [0.1, 0.15) is 27.7 Å². The van der Waals surface area contributed by atoms with Gasteiger partial charge in [-0.2, -0.15) is 0 Å². The highest BCUT2D eigenvalue weighted by Crippen LogP contribution is 2.29. The fraction of sp³-hybridized carbons (Fsp3) is 0.750. The molecule has 0 N–H and O–H groups in total. The summed E-state index contributed by atoms with van der Waals surface area (Å²) in [5, 5.41) is 3.39. The third kappa shape index (κ3) is 4.61. The van der Waals surface area contributed by atoms with Gasteiger partial charge in [0.05, 0.1) is 6.10 Å². The van der Waals surface area contributed by atoms with E-state index < -0.39 is 48.6 Å². The lowest BCUT2D eigenvalue weighted by atomic mass is 9.98. The van der Waals surface area contributed by atoms with Crippen molar-refractivity contribution in [2.45, 2.75) is 58.3 Å². The molecule has 0 spiro atoms. The molecule has 22 heavy (non-hydrogen) atoms. The first-order valence-corrected chi connectivity index (χ1v) is 6.47. The summed E-state index contributed by atoms with van der Waals surface area (Å²) in [6, 6.07) is 0. The molecule has 1 fully saturated rings. The van der Waals surface area contributed by atoms with Gasteiger partial charge >= 0.3 is 17.9 Å². The van der Waals surface area contributed by atoms with Crippen molar-refractivity contribution in [3.05, 3.63) is 10.4 Å². The lowest BCUT2D eigenvalue weighted by Crippen LogP contribution is -2.59. The van der Waals surface area contributed by atoms with Crippen LogP contribution < -0.4 is 0 Å². The minimum Gasteiger partial charge on any atom is -0.456 e. The second kappa shape index (κ2) is 7.62. The summed E-state index contributed by atoms with van der Waals surface area (Å²) in [6.45, 7) is 5.01. The van der Waals surface area contributed by atoms with Crippen LogP contribution in [0.2, 0.25) is 0 Å². The third-order valence-electron chi connectivity index (χ3n) is 2.82. The molecule has 1 rings (SSSR count). The average Bonchev–Trinajstić information content (AvgIpc) is 2.37. The second-order valence-corrected chi connectivity index (χ2v) is 4.66. The molecule has 0 aromatic heterocycles. The Morgan fingerprint density at radius 1 is 0.955 bits per heavy atom. The zero-order valence-corrected chi connectivity index (χ0v) is 12.6. The lowest BCUT2D eigenvalue weighted by molar-refractivity contribution is -0.242. The van der Waals surface area contributed by atoms with E-state index in [0.29, 0.717) is 0 Å². The smallest absolute Gasteiger partial charge is 0.303 e. The highest BCUT2D eigenvalue weighted by molar-refractivity contribution is 5.68. The zero-order valence-electron chi connectivity index (χ0n) is 12.6. The fourth-order valence-electron chi connectivity index (χ4n) is 2.13. The number of nitrogens with zero attached hydrogens (tertiary/aromatic N) is 3. The Hall–Kier alpha value is -2.32. The first kappa shape index (κ1) is 17.7. The number of rotatable bonds is 4. The van der Waals surface area contributed by atoms with Gasteiger partial charge in [-0.05, 0) is 12.5 Å². The summed E-state index contributed by atoms with van der Waals surface area (Å²) in [5.41, 5.74) is 8.58. The maximum absolute atomic E-state index is 11.3. The van der Waals surface area contributed by atoms with E-state index in [0.717, 1.165) is 13.8 Å². The summed E-state index contributed by atoms with van der Waals surface area (Å²) < 4.78 is 20.6. The predicted octanol–water partition coefficient (Wildman–Crippen LogP) is 0.837. The minimum absolute atomic E-state index is 0.624. The molecular weight excluding hydrogens is 298 g/mol. The summed E-state index contributed by atoms with van der Waals surface area (Å²) in [5.74, 6) is -1.99. The molecule has 1 heterocycles. The molecule has 1 aliphatic heterocycles. The van der Waals surface area contributed by atoms with E-state index in [4.69, 9.17) is 24.5 Å². The van der Waals surface area contributed by atoms with Crippen LogP contribution in [0.3, 0.4) is 0 Å². The number of hydrogen-bond acceptors (Lipinski definition) is 8. The van der Waals surface area contributed by atoms with E-state index in [2.05, 4.69) is 10.0 Å². The maximum atomic E-state index is 11.3. The lowest BCUT2D eigenvalue weighted by Gasteiger charge is -2.42. The molecule has 0 saturated carbocycles. The quantitative estimate of drug-likeness (QED) is 0.246. The van der Waals surface area contributed by atoms with Gasteiger partial charge in [-0.15, -0.1) is 0 Å². The summed E-state index contributed by atoms with van der Waals surface area (Å²) in [7, 11) is 0. The largest absolute Gasteiger partial charge is 0.456 e. The number of ether oxygens (including phenoxy) is 4. The molecule has 0 radical (unpaired) electrons. The minimum atomic E-state index is -1.22. The van der Waals surface area contributed by atoms with Gasteiger partial charge in [0.15, 0.2) is 24.5 Å². The molecule has 10 nitrogen and oxygen atoms in total. The van der Waals surface area contributed by atoms with Crippen molar-refractivity contribution in [3.8, 4) is 0 Å². The average molecular weight is 315 g/mol. The van der Waals surface area contributed by atoms with E-state index in [9.17, 15) is 14.4 Å². The van der Waals surface area contributed by atoms with Crippen LogP contribution in [0, 0.1) is 0 Å². The molecule has 0 aliphatic carbocycles.